The highest BCUT2D eigenvalue weighted by molar-refractivity contribution is 7.99. The largest absolute Gasteiger partial charge is 0.492 e. The van der Waals surface area contributed by atoms with Crippen LogP contribution in [0.15, 0.2) is 52.4 Å². The molecule has 0 saturated heterocycles. The van der Waals surface area contributed by atoms with Crippen LogP contribution < -0.4 is 10.3 Å². The molecular formula is C21H24N2O3S. The topological polar surface area (TPSA) is 64.3 Å². The van der Waals surface area contributed by atoms with E-state index in [2.05, 4.69) is 17.1 Å². The molecule has 0 bridgehead atoms. The molecule has 27 heavy (non-hydrogen) atoms. The summed E-state index contributed by atoms with van der Waals surface area (Å²) in [6.07, 6.45) is 0.520. The molecule has 0 aliphatic rings. The molecular weight excluding hydrogens is 360 g/mol. The Hall–Kier alpha value is -2.31. The van der Waals surface area contributed by atoms with Crippen molar-refractivity contribution in [2.45, 2.75) is 32.0 Å². The molecule has 3 aromatic rings. The van der Waals surface area contributed by atoms with Gasteiger partial charge in [0, 0.05) is 18.9 Å². The summed E-state index contributed by atoms with van der Waals surface area (Å²) in [5.74, 6) is 1.57. The Bertz CT molecular complexity index is 985. The lowest BCUT2D eigenvalue weighted by atomic mass is 10.1. The molecule has 0 atom stereocenters. The molecule has 1 aromatic heterocycles. The lowest BCUT2D eigenvalue weighted by Crippen LogP contribution is -2.24. The van der Waals surface area contributed by atoms with E-state index < -0.39 is 0 Å². The third-order valence-corrected chi connectivity index (χ3v) is 5.22. The van der Waals surface area contributed by atoms with E-state index in [-0.39, 0.29) is 12.2 Å². The minimum Gasteiger partial charge on any atom is -0.492 e. The predicted molar refractivity (Wildman–Crippen MR) is 110 cm³/mol. The third-order valence-electron chi connectivity index (χ3n) is 4.28. The molecule has 3 rings (SSSR count). The Kier molecular flexibility index (Phi) is 6.53. The van der Waals surface area contributed by atoms with Crippen LogP contribution in [0, 0.1) is 13.8 Å². The molecule has 6 heteroatoms. The van der Waals surface area contributed by atoms with Crippen LogP contribution in [0.3, 0.4) is 0 Å². The Morgan fingerprint density at radius 1 is 1.19 bits per heavy atom. The zero-order chi connectivity index (χ0) is 19.2. The van der Waals surface area contributed by atoms with Crippen molar-refractivity contribution in [3.8, 4) is 5.75 Å². The van der Waals surface area contributed by atoms with Crippen LogP contribution in [0.1, 0.15) is 17.5 Å². The zero-order valence-corrected chi connectivity index (χ0v) is 16.5. The summed E-state index contributed by atoms with van der Waals surface area (Å²) in [5, 5.41) is 10.4. The third kappa shape index (κ3) is 4.70. The summed E-state index contributed by atoms with van der Waals surface area (Å²) < 4.78 is 7.56. The second-order valence-electron chi connectivity index (χ2n) is 6.41. The molecule has 142 valence electrons. The first-order valence-electron chi connectivity index (χ1n) is 9.03. The fourth-order valence-electron chi connectivity index (χ4n) is 2.83. The molecule has 0 radical (unpaired) electrons. The maximum absolute atomic E-state index is 12.8. The van der Waals surface area contributed by atoms with Gasteiger partial charge in [-0.05, 0) is 49.6 Å². The summed E-state index contributed by atoms with van der Waals surface area (Å²) in [7, 11) is 0. The second kappa shape index (κ2) is 9.06. The highest BCUT2D eigenvalue weighted by Crippen LogP contribution is 2.21. The smallest absolute Gasteiger partial charge is 0.262 e. The van der Waals surface area contributed by atoms with E-state index in [1.54, 1.807) is 10.6 Å². The highest BCUT2D eigenvalue weighted by atomic mass is 32.2. The molecule has 1 heterocycles. The number of aryl methyl sites for hydroxylation is 2. The van der Waals surface area contributed by atoms with Gasteiger partial charge in [-0.3, -0.25) is 9.36 Å². The van der Waals surface area contributed by atoms with Crippen molar-refractivity contribution in [2.24, 2.45) is 0 Å². The van der Waals surface area contributed by atoms with E-state index >= 15 is 0 Å². The van der Waals surface area contributed by atoms with Gasteiger partial charge in [0.15, 0.2) is 5.16 Å². The average molecular weight is 385 g/mol. The van der Waals surface area contributed by atoms with Gasteiger partial charge in [-0.1, -0.05) is 36.0 Å². The van der Waals surface area contributed by atoms with Crippen molar-refractivity contribution in [1.82, 2.24) is 9.55 Å². The predicted octanol–water partition coefficient (Wildman–Crippen LogP) is 3.57. The summed E-state index contributed by atoms with van der Waals surface area (Å²) in [6.45, 7) is 5.09. The maximum atomic E-state index is 12.8. The number of aliphatic hydroxyl groups excluding tert-OH is 1. The van der Waals surface area contributed by atoms with Gasteiger partial charge < -0.3 is 9.84 Å². The highest BCUT2D eigenvalue weighted by Gasteiger charge is 2.11. The van der Waals surface area contributed by atoms with Crippen LogP contribution >= 0.6 is 11.8 Å². The molecule has 0 amide bonds. The van der Waals surface area contributed by atoms with Crippen LogP contribution in [0.4, 0.5) is 0 Å². The molecule has 0 aliphatic heterocycles. The van der Waals surface area contributed by atoms with Crippen LogP contribution in [0.5, 0.6) is 5.75 Å². The summed E-state index contributed by atoms with van der Waals surface area (Å²) >= 11 is 1.50. The molecule has 5 nitrogen and oxygen atoms in total. The number of hydrogen-bond donors (Lipinski definition) is 1. The van der Waals surface area contributed by atoms with Crippen molar-refractivity contribution in [3.63, 3.8) is 0 Å². The summed E-state index contributed by atoms with van der Waals surface area (Å²) in [4.78, 5) is 17.4. The van der Waals surface area contributed by atoms with E-state index in [4.69, 9.17) is 9.84 Å². The molecule has 0 fully saturated rings. The molecule has 0 saturated carbocycles. The Labute approximate surface area is 163 Å². The van der Waals surface area contributed by atoms with Gasteiger partial charge in [-0.2, -0.15) is 0 Å². The Morgan fingerprint density at radius 3 is 2.81 bits per heavy atom. The average Bonchev–Trinajstić information content (AvgIpc) is 2.67. The first-order valence-corrected chi connectivity index (χ1v) is 10.0. The van der Waals surface area contributed by atoms with Crippen molar-refractivity contribution in [2.75, 3.05) is 19.0 Å². The van der Waals surface area contributed by atoms with Gasteiger partial charge in [0.25, 0.3) is 5.56 Å². The number of para-hydroxylation sites is 1. The van der Waals surface area contributed by atoms with Crippen molar-refractivity contribution < 1.29 is 9.84 Å². The normalized spacial score (nSPS) is 11.1. The van der Waals surface area contributed by atoms with E-state index in [1.807, 2.05) is 38.1 Å². The fourth-order valence-corrected chi connectivity index (χ4v) is 3.67. The van der Waals surface area contributed by atoms with E-state index in [0.29, 0.717) is 41.4 Å². The minimum atomic E-state index is -0.0630. The summed E-state index contributed by atoms with van der Waals surface area (Å²) in [6, 6.07) is 13.5. The van der Waals surface area contributed by atoms with E-state index in [9.17, 15) is 4.79 Å². The maximum Gasteiger partial charge on any atom is 0.262 e. The number of fused-ring (bicyclic) bond motifs is 1. The van der Waals surface area contributed by atoms with Crippen LogP contribution in [-0.4, -0.2) is 33.6 Å². The van der Waals surface area contributed by atoms with Gasteiger partial charge in [0.2, 0.25) is 0 Å². The Morgan fingerprint density at radius 2 is 2.00 bits per heavy atom. The number of nitrogens with zero attached hydrogens (tertiary/aromatic N) is 2. The number of aromatic nitrogens is 2. The quantitative estimate of drug-likeness (QED) is 0.365. The minimum absolute atomic E-state index is 0.0408. The SMILES string of the molecule is Cc1ccc(C)c(OCCSc2nc3ccccc3c(=O)n2CCCO)c1. The number of benzene rings is 2. The second-order valence-corrected chi connectivity index (χ2v) is 7.47. The first kappa shape index (κ1) is 19.5. The van der Waals surface area contributed by atoms with Gasteiger partial charge in [0.05, 0.1) is 17.5 Å². The van der Waals surface area contributed by atoms with Crippen LogP contribution in [0.2, 0.25) is 0 Å². The number of thioether (sulfide) groups is 1. The van der Waals surface area contributed by atoms with Gasteiger partial charge >= 0.3 is 0 Å². The van der Waals surface area contributed by atoms with Crippen LogP contribution in [0.25, 0.3) is 10.9 Å². The van der Waals surface area contributed by atoms with Crippen LogP contribution in [-0.2, 0) is 6.54 Å². The zero-order valence-electron chi connectivity index (χ0n) is 15.6. The van der Waals surface area contributed by atoms with Crippen molar-refractivity contribution in [1.29, 1.82) is 0 Å². The Balaban J connectivity index is 1.75. The fraction of sp³-hybridized carbons (Fsp3) is 0.333. The number of hydrogen-bond acceptors (Lipinski definition) is 5. The van der Waals surface area contributed by atoms with Gasteiger partial charge in [0.1, 0.15) is 5.75 Å². The van der Waals surface area contributed by atoms with Gasteiger partial charge in [-0.15, -0.1) is 0 Å². The van der Waals surface area contributed by atoms with E-state index in [0.717, 1.165) is 16.9 Å². The van der Waals surface area contributed by atoms with Crippen molar-refractivity contribution in [3.05, 3.63) is 63.9 Å². The monoisotopic (exact) mass is 384 g/mol. The number of ether oxygens (including phenoxy) is 1. The molecule has 0 aliphatic carbocycles. The lowest BCUT2D eigenvalue weighted by Gasteiger charge is -2.13. The van der Waals surface area contributed by atoms with Crippen molar-refractivity contribution >= 4 is 22.7 Å². The standard InChI is InChI=1S/C21H24N2O3S/c1-15-8-9-16(2)19(14-15)26-12-13-27-21-22-18-7-4-3-6-17(18)20(25)23(21)10-5-11-24/h3-4,6-9,14,24H,5,10-13H2,1-2H3. The molecule has 0 spiro atoms. The number of aliphatic hydroxyl groups is 1. The number of rotatable bonds is 8. The lowest BCUT2D eigenvalue weighted by molar-refractivity contribution is 0.276. The molecule has 0 unspecified atom stereocenters. The molecule has 2 aromatic carbocycles. The van der Waals surface area contributed by atoms with E-state index in [1.165, 1.54) is 11.8 Å². The van der Waals surface area contributed by atoms with Gasteiger partial charge in [-0.25, -0.2) is 4.98 Å². The molecule has 1 N–H and O–H groups in total. The summed E-state index contributed by atoms with van der Waals surface area (Å²) in [5.41, 5.74) is 2.90. The first-order chi connectivity index (χ1) is 13.1.